The molecule has 0 aliphatic carbocycles. The van der Waals surface area contributed by atoms with E-state index in [4.69, 9.17) is 14.6 Å². The van der Waals surface area contributed by atoms with E-state index in [1.54, 1.807) is 0 Å². The van der Waals surface area contributed by atoms with Crippen molar-refractivity contribution in [3.05, 3.63) is 237 Å². The largest absolute Gasteiger partial charge is 0.455 e. The van der Waals surface area contributed by atoms with Crippen molar-refractivity contribution >= 4 is 65.6 Å². The lowest BCUT2D eigenvalue weighted by Gasteiger charge is -2.15. The highest BCUT2D eigenvalue weighted by Gasteiger charge is 2.22. The highest BCUT2D eigenvalue weighted by Crippen LogP contribution is 2.42. The predicted octanol–water partition coefficient (Wildman–Crippen LogP) is 16.0. The third-order valence-electron chi connectivity index (χ3n) is 13.6. The molecule has 0 atom stereocenters. The van der Waals surface area contributed by atoms with E-state index in [1.165, 1.54) is 27.3 Å². The van der Waals surface area contributed by atoms with Gasteiger partial charge < -0.3 is 13.6 Å². The van der Waals surface area contributed by atoms with Gasteiger partial charge in [0.05, 0.1) is 33.1 Å². The van der Waals surface area contributed by atoms with Crippen LogP contribution in [0.2, 0.25) is 0 Å². The van der Waals surface area contributed by atoms with Crippen molar-refractivity contribution < 1.29 is 4.42 Å². The molecule has 6 nitrogen and oxygen atoms in total. The van der Waals surface area contributed by atoms with Gasteiger partial charge in [-0.3, -0.25) is 4.57 Å². The molecule has 0 saturated heterocycles. The fourth-order valence-electron chi connectivity index (χ4n) is 10.6. The molecule has 0 radical (unpaired) electrons. The smallest absolute Gasteiger partial charge is 0.168 e. The van der Waals surface area contributed by atoms with Crippen LogP contribution in [0.4, 0.5) is 0 Å². The summed E-state index contributed by atoms with van der Waals surface area (Å²) in [5.74, 6) is 1.58. The summed E-state index contributed by atoms with van der Waals surface area (Å²) in [4.78, 5) is 0. The van der Waals surface area contributed by atoms with Crippen LogP contribution in [0.1, 0.15) is 0 Å². The van der Waals surface area contributed by atoms with Gasteiger partial charge in [-0.1, -0.05) is 170 Å². The van der Waals surface area contributed by atoms with Crippen LogP contribution in [0.5, 0.6) is 0 Å². The predicted molar refractivity (Wildman–Crippen MR) is 279 cm³/mol. The zero-order chi connectivity index (χ0) is 44.7. The van der Waals surface area contributed by atoms with Gasteiger partial charge >= 0.3 is 0 Å². The fourth-order valence-corrected chi connectivity index (χ4v) is 10.6. The maximum atomic E-state index is 6.59. The molecular formula is C62H39N5O. The summed E-state index contributed by atoms with van der Waals surface area (Å²) < 4.78 is 13.5. The molecule has 4 heterocycles. The monoisotopic (exact) mass is 869 g/mol. The molecule has 10 aromatic carbocycles. The molecule has 0 fully saturated rings. The first kappa shape index (κ1) is 38.1. The number of fused-ring (bicyclic) bond motifs is 10. The van der Waals surface area contributed by atoms with Crippen molar-refractivity contribution in [2.45, 2.75) is 0 Å². The van der Waals surface area contributed by atoms with E-state index >= 15 is 0 Å². The van der Waals surface area contributed by atoms with E-state index in [0.717, 1.165) is 100 Å². The summed E-state index contributed by atoms with van der Waals surface area (Å²) in [5.41, 5.74) is 16.1. The maximum absolute atomic E-state index is 6.59. The second-order valence-corrected chi connectivity index (χ2v) is 17.4. The van der Waals surface area contributed by atoms with E-state index < -0.39 is 0 Å². The Hall–Kier alpha value is -9.26. The Labute approximate surface area is 390 Å². The molecule has 318 valence electrons. The van der Waals surface area contributed by atoms with Gasteiger partial charge in [-0.25, -0.2) is 0 Å². The standard InChI is InChI=1S/C62H39N5O/c1-3-16-41(17-4-1)61-63-64-62(42-18-5-2-6-19-42)67(61)46-34-35-50-49-24-9-12-27-54(49)65(57(50)39-46)44-32-30-40(31-33-44)47-22-7-8-23-48(47)43-20-15-21-45(38-43)66-55-28-13-10-26-53(55)59-56(66)37-36-52-51-25-11-14-29-58(51)68-60(52)59/h1-39H. The first-order valence-electron chi connectivity index (χ1n) is 23.0. The number of hydrogen-bond acceptors (Lipinski definition) is 3. The third-order valence-corrected chi connectivity index (χ3v) is 13.6. The number of nitrogens with zero attached hydrogens (tertiary/aromatic N) is 5. The van der Waals surface area contributed by atoms with Gasteiger partial charge in [0.2, 0.25) is 0 Å². The van der Waals surface area contributed by atoms with Gasteiger partial charge in [0.1, 0.15) is 11.2 Å². The zero-order valence-corrected chi connectivity index (χ0v) is 36.7. The highest BCUT2D eigenvalue weighted by molar-refractivity contribution is 6.24. The molecule has 6 heteroatoms. The molecule has 0 aliphatic rings. The SMILES string of the molecule is c1ccc(-c2nnc(-c3ccccc3)n2-c2ccc3c4ccccc4n(-c4ccc(-c5ccccc5-c5cccc(-n6c7ccccc7c7c8oc9ccccc9c8ccc76)c5)cc4)c3c2)cc1. The van der Waals surface area contributed by atoms with Crippen molar-refractivity contribution in [3.8, 4) is 62.1 Å². The van der Waals surface area contributed by atoms with Gasteiger partial charge in [-0.15, -0.1) is 10.2 Å². The average Bonchev–Trinajstić information content (AvgIpc) is 4.19. The van der Waals surface area contributed by atoms with Gasteiger partial charge in [-0.2, -0.15) is 0 Å². The lowest BCUT2D eigenvalue weighted by atomic mass is 9.94. The Kier molecular flexibility index (Phi) is 8.48. The number of furan rings is 1. The van der Waals surface area contributed by atoms with Crippen LogP contribution in [0.25, 0.3) is 128 Å². The minimum atomic E-state index is 0.791. The van der Waals surface area contributed by atoms with Crippen LogP contribution >= 0.6 is 0 Å². The van der Waals surface area contributed by atoms with E-state index in [9.17, 15) is 0 Å². The Morgan fingerprint density at radius 1 is 0.294 bits per heavy atom. The molecule has 14 aromatic rings. The summed E-state index contributed by atoms with van der Waals surface area (Å²) in [6.45, 7) is 0. The van der Waals surface area contributed by atoms with Crippen molar-refractivity contribution in [2.75, 3.05) is 0 Å². The molecular weight excluding hydrogens is 831 g/mol. The molecule has 0 aliphatic heterocycles. The molecule has 68 heavy (non-hydrogen) atoms. The molecule has 0 saturated carbocycles. The maximum Gasteiger partial charge on any atom is 0.168 e. The van der Waals surface area contributed by atoms with Crippen LogP contribution in [-0.2, 0) is 0 Å². The Balaban J connectivity index is 0.878. The molecule has 0 bridgehead atoms. The van der Waals surface area contributed by atoms with Gasteiger partial charge in [0.25, 0.3) is 0 Å². The topological polar surface area (TPSA) is 53.7 Å². The summed E-state index contributed by atoms with van der Waals surface area (Å²) >= 11 is 0. The first-order valence-corrected chi connectivity index (χ1v) is 23.0. The minimum Gasteiger partial charge on any atom is -0.455 e. The Morgan fingerprint density at radius 3 is 1.56 bits per heavy atom. The number of benzene rings is 10. The van der Waals surface area contributed by atoms with Crippen LogP contribution in [0, 0.1) is 0 Å². The van der Waals surface area contributed by atoms with Crippen molar-refractivity contribution in [3.63, 3.8) is 0 Å². The molecule has 0 spiro atoms. The first-order chi connectivity index (χ1) is 33.7. The van der Waals surface area contributed by atoms with Crippen LogP contribution in [-0.4, -0.2) is 23.9 Å². The normalized spacial score (nSPS) is 11.8. The van der Waals surface area contributed by atoms with Crippen molar-refractivity contribution in [2.24, 2.45) is 0 Å². The highest BCUT2D eigenvalue weighted by atomic mass is 16.3. The second kappa shape index (κ2) is 15.2. The number of hydrogen-bond donors (Lipinski definition) is 0. The van der Waals surface area contributed by atoms with Gasteiger partial charge in [0, 0.05) is 49.4 Å². The number of para-hydroxylation sites is 3. The van der Waals surface area contributed by atoms with Crippen LogP contribution in [0.15, 0.2) is 241 Å². The molecule has 0 unspecified atom stereocenters. The quantitative estimate of drug-likeness (QED) is 0.160. The third kappa shape index (κ3) is 5.84. The molecule has 0 amide bonds. The van der Waals surface area contributed by atoms with E-state index in [2.05, 4.69) is 208 Å². The van der Waals surface area contributed by atoms with Crippen molar-refractivity contribution in [1.29, 1.82) is 0 Å². The lowest BCUT2D eigenvalue weighted by Crippen LogP contribution is -2.01. The summed E-state index contributed by atoms with van der Waals surface area (Å²) in [5, 5.41) is 16.5. The number of aromatic nitrogens is 5. The molecule has 14 rings (SSSR count). The summed E-state index contributed by atoms with van der Waals surface area (Å²) in [7, 11) is 0. The summed E-state index contributed by atoms with van der Waals surface area (Å²) in [6, 6.07) is 84.1. The van der Waals surface area contributed by atoms with Crippen LogP contribution in [0.3, 0.4) is 0 Å². The van der Waals surface area contributed by atoms with E-state index in [-0.39, 0.29) is 0 Å². The Bertz CT molecular complexity index is 4190. The van der Waals surface area contributed by atoms with Crippen LogP contribution < -0.4 is 0 Å². The average molecular weight is 870 g/mol. The second-order valence-electron chi connectivity index (χ2n) is 17.4. The van der Waals surface area contributed by atoms with Crippen molar-refractivity contribution in [1.82, 2.24) is 23.9 Å². The Morgan fingerprint density at radius 2 is 0.824 bits per heavy atom. The lowest BCUT2D eigenvalue weighted by molar-refractivity contribution is 0.673. The van der Waals surface area contributed by atoms with E-state index in [0.29, 0.717) is 0 Å². The molecule has 4 aromatic heterocycles. The fraction of sp³-hybridized carbons (Fsp3) is 0. The summed E-state index contributed by atoms with van der Waals surface area (Å²) in [6.07, 6.45) is 0. The zero-order valence-electron chi connectivity index (χ0n) is 36.7. The van der Waals surface area contributed by atoms with Gasteiger partial charge in [-0.05, 0) is 89.0 Å². The number of rotatable bonds is 7. The van der Waals surface area contributed by atoms with E-state index in [1.807, 2.05) is 42.5 Å². The van der Waals surface area contributed by atoms with Gasteiger partial charge in [0.15, 0.2) is 11.6 Å². The minimum absolute atomic E-state index is 0.791. The molecule has 0 N–H and O–H groups in total.